The number of piperidine rings is 1. The number of hydrogen-bond donors (Lipinski definition) is 1. The molecule has 0 saturated carbocycles. The SMILES string of the molecule is CC(c1nc(-c2ccccc2)no1)N1CCCC(O)C1. The predicted octanol–water partition coefficient (Wildman–Crippen LogP) is 2.25. The minimum Gasteiger partial charge on any atom is -0.392 e. The Bertz CT molecular complexity index is 555. The zero-order chi connectivity index (χ0) is 13.9. The van der Waals surface area contributed by atoms with E-state index in [1.165, 1.54) is 0 Å². The normalized spacial score (nSPS) is 21.8. The Balaban J connectivity index is 1.76. The molecule has 1 aliphatic rings. The van der Waals surface area contributed by atoms with Gasteiger partial charge >= 0.3 is 0 Å². The highest BCUT2D eigenvalue weighted by molar-refractivity contribution is 5.53. The first kappa shape index (κ1) is 13.3. The van der Waals surface area contributed by atoms with Gasteiger partial charge in [-0.2, -0.15) is 4.98 Å². The molecule has 20 heavy (non-hydrogen) atoms. The van der Waals surface area contributed by atoms with E-state index in [0.717, 1.165) is 24.9 Å². The molecule has 2 atom stereocenters. The number of likely N-dealkylation sites (tertiary alicyclic amines) is 1. The molecule has 5 heteroatoms. The smallest absolute Gasteiger partial charge is 0.244 e. The molecule has 0 radical (unpaired) electrons. The van der Waals surface area contributed by atoms with Crippen molar-refractivity contribution in [3.8, 4) is 11.4 Å². The van der Waals surface area contributed by atoms with Crippen LogP contribution in [0.3, 0.4) is 0 Å². The van der Waals surface area contributed by atoms with Gasteiger partial charge in [-0.05, 0) is 26.3 Å². The Morgan fingerprint density at radius 1 is 1.35 bits per heavy atom. The quantitative estimate of drug-likeness (QED) is 0.929. The summed E-state index contributed by atoms with van der Waals surface area (Å²) in [7, 11) is 0. The van der Waals surface area contributed by atoms with E-state index in [0.29, 0.717) is 18.3 Å². The second-order valence-corrected chi connectivity index (χ2v) is 5.29. The van der Waals surface area contributed by atoms with Crippen LogP contribution in [0, 0.1) is 0 Å². The standard InChI is InChI=1S/C15H19N3O2/c1-11(18-9-5-8-13(19)10-18)15-16-14(17-20-15)12-6-3-2-4-7-12/h2-4,6-7,11,13,19H,5,8-10H2,1H3. The van der Waals surface area contributed by atoms with Gasteiger partial charge in [0.15, 0.2) is 0 Å². The summed E-state index contributed by atoms with van der Waals surface area (Å²) in [4.78, 5) is 6.67. The van der Waals surface area contributed by atoms with Gasteiger partial charge in [0.1, 0.15) is 0 Å². The third-order valence-corrected chi connectivity index (χ3v) is 3.81. The van der Waals surface area contributed by atoms with Crippen LogP contribution >= 0.6 is 0 Å². The third kappa shape index (κ3) is 2.73. The molecule has 3 rings (SSSR count). The highest BCUT2D eigenvalue weighted by Crippen LogP contribution is 2.25. The molecule has 2 aromatic rings. The first-order chi connectivity index (χ1) is 9.74. The van der Waals surface area contributed by atoms with Crippen LogP contribution in [0.25, 0.3) is 11.4 Å². The van der Waals surface area contributed by atoms with E-state index in [1.54, 1.807) is 0 Å². The summed E-state index contributed by atoms with van der Waals surface area (Å²) in [6, 6.07) is 9.83. The number of hydrogen-bond acceptors (Lipinski definition) is 5. The first-order valence-electron chi connectivity index (χ1n) is 7.05. The second-order valence-electron chi connectivity index (χ2n) is 5.29. The average Bonchev–Trinajstić information content (AvgIpc) is 2.97. The van der Waals surface area contributed by atoms with Gasteiger partial charge < -0.3 is 9.63 Å². The Morgan fingerprint density at radius 3 is 2.90 bits per heavy atom. The third-order valence-electron chi connectivity index (χ3n) is 3.81. The van der Waals surface area contributed by atoms with Gasteiger partial charge in [0.25, 0.3) is 0 Å². The van der Waals surface area contributed by atoms with Gasteiger partial charge in [-0.15, -0.1) is 0 Å². The van der Waals surface area contributed by atoms with Gasteiger partial charge in [0, 0.05) is 12.1 Å². The van der Waals surface area contributed by atoms with E-state index in [9.17, 15) is 5.11 Å². The molecule has 2 heterocycles. The fourth-order valence-electron chi connectivity index (χ4n) is 2.60. The molecule has 0 spiro atoms. The van der Waals surface area contributed by atoms with Crippen LogP contribution in [0.2, 0.25) is 0 Å². The molecule has 1 aliphatic heterocycles. The van der Waals surface area contributed by atoms with Crippen molar-refractivity contribution < 1.29 is 9.63 Å². The topological polar surface area (TPSA) is 62.4 Å². The van der Waals surface area contributed by atoms with Crippen LogP contribution < -0.4 is 0 Å². The Hall–Kier alpha value is -1.72. The molecule has 1 fully saturated rings. The summed E-state index contributed by atoms with van der Waals surface area (Å²) in [5.74, 6) is 1.22. The lowest BCUT2D eigenvalue weighted by Crippen LogP contribution is -2.39. The molecule has 1 aromatic carbocycles. The maximum absolute atomic E-state index is 9.75. The Kier molecular flexibility index (Phi) is 3.80. The predicted molar refractivity (Wildman–Crippen MR) is 75.0 cm³/mol. The molecule has 1 saturated heterocycles. The number of aliphatic hydroxyl groups is 1. The molecule has 0 amide bonds. The summed E-state index contributed by atoms with van der Waals surface area (Å²) >= 11 is 0. The molecule has 1 N–H and O–H groups in total. The van der Waals surface area contributed by atoms with E-state index in [1.807, 2.05) is 37.3 Å². The number of benzene rings is 1. The van der Waals surface area contributed by atoms with Crippen molar-refractivity contribution in [2.45, 2.75) is 31.9 Å². The van der Waals surface area contributed by atoms with Crippen LogP contribution in [0.4, 0.5) is 0 Å². The Labute approximate surface area is 118 Å². The molecule has 5 nitrogen and oxygen atoms in total. The molecule has 1 aromatic heterocycles. The Morgan fingerprint density at radius 2 is 2.15 bits per heavy atom. The summed E-state index contributed by atoms with van der Waals surface area (Å²) in [6.07, 6.45) is 1.63. The molecular weight excluding hydrogens is 254 g/mol. The van der Waals surface area contributed by atoms with Gasteiger partial charge in [0.2, 0.25) is 11.7 Å². The lowest BCUT2D eigenvalue weighted by molar-refractivity contribution is 0.0422. The van der Waals surface area contributed by atoms with Crippen LogP contribution in [-0.4, -0.2) is 39.3 Å². The first-order valence-corrected chi connectivity index (χ1v) is 7.05. The fourth-order valence-corrected chi connectivity index (χ4v) is 2.60. The molecule has 0 aliphatic carbocycles. The minimum atomic E-state index is -0.247. The zero-order valence-corrected chi connectivity index (χ0v) is 11.6. The summed E-state index contributed by atoms with van der Waals surface area (Å²) in [5.41, 5.74) is 0.952. The number of β-amino-alcohol motifs (C(OH)–C–C–N with tert-alkyl or cyclic N) is 1. The lowest BCUT2D eigenvalue weighted by Gasteiger charge is -2.32. The van der Waals surface area contributed by atoms with E-state index < -0.39 is 0 Å². The van der Waals surface area contributed by atoms with Crippen LogP contribution in [0.5, 0.6) is 0 Å². The summed E-state index contributed by atoms with van der Waals surface area (Å²) in [6.45, 7) is 3.67. The highest BCUT2D eigenvalue weighted by atomic mass is 16.5. The van der Waals surface area contributed by atoms with E-state index in [2.05, 4.69) is 15.0 Å². The summed E-state index contributed by atoms with van der Waals surface area (Å²) < 4.78 is 5.38. The number of nitrogens with zero attached hydrogens (tertiary/aromatic N) is 3. The van der Waals surface area contributed by atoms with Gasteiger partial charge in [0.05, 0.1) is 12.1 Å². The average molecular weight is 273 g/mol. The van der Waals surface area contributed by atoms with Crippen molar-refractivity contribution in [2.24, 2.45) is 0 Å². The highest BCUT2D eigenvalue weighted by Gasteiger charge is 2.26. The maximum Gasteiger partial charge on any atom is 0.244 e. The van der Waals surface area contributed by atoms with Gasteiger partial charge in [-0.3, -0.25) is 4.90 Å². The van der Waals surface area contributed by atoms with Gasteiger partial charge in [-0.25, -0.2) is 0 Å². The monoisotopic (exact) mass is 273 g/mol. The van der Waals surface area contributed by atoms with Crippen molar-refractivity contribution >= 4 is 0 Å². The molecule has 2 unspecified atom stereocenters. The van der Waals surface area contributed by atoms with E-state index in [4.69, 9.17) is 4.52 Å². The lowest BCUT2D eigenvalue weighted by atomic mass is 10.1. The zero-order valence-electron chi connectivity index (χ0n) is 11.6. The molecular formula is C15H19N3O2. The van der Waals surface area contributed by atoms with Crippen molar-refractivity contribution in [3.05, 3.63) is 36.2 Å². The molecule has 0 bridgehead atoms. The van der Waals surface area contributed by atoms with E-state index >= 15 is 0 Å². The largest absolute Gasteiger partial charge is 0.392 e. The minimum absolute atomic E-state index is 0.0370. The number of aromatic nitrogens is 2. The van der Waals surface area contributed by atoms with Crippen LogP contribution in [0.15, 0.2) is 34.9 Å². The number of rotatable bonds is 3. The second kappa shape index (κ2) is 5.73. The van der Waals surface area contributed by atoms with Crippen LogP contribution in [-0.2, 0) is 0 Å². The van der Waals surface area contributed by atoms with Crippen molar-refractivity contribution in [3.63, 3.8) is 0 Å². The van der Waals surface area contributed by atoms with Crippen molar-refractivity contribution in [1.29, 1.82) is 0 Å². The fraction of sp³-hybridized carbons (Fsp3) is 0.467. The summed E-state index contributed by atoms with van der Waals surface area (Å²) in [5, 5.41) is 13.8. The number of aliphatic hydroxyl groups excluding tert-OH is 1. The van der Waals surface area contributed by atoms with Crippen molar-refractivity contribution in [1.82, 2.24) is 15.0 Å². The molecule has 106 valence electrons. The van der Waals surface area contributed by atoms with E-state index in [-0.39, 0.29) is 12.1 Å². The van der Waals surface area contributed by atoms with Gasteiger partial charge in [-0.1, -0.05) is 35.5 Å². The van der Waals surface area contributed by atoms with Crippen molar-refractivity contribution in [2.75, 3.05) is 13.1 Å². The maximum atomic E-state index is 9.75. The van der Waals surface area contributed by atoms with Crippen LogP contribution in [0.1, 0.15) is 31.7 Å².